The first-order valence-electron chi connectivity index (χ1n) is 8.20. The molecule has 0 unspecified atom stereocenters. The average molecular weight is 345 g/mol. The minimum absolute atomic E-state index is 0.303. The Kier molecular flexibility index (Phi) is 5.25. The van der Waals surface area contributed by atoms with Crippen LogP contribution in [0.25, 0.3) is 0 Å². The number of ether oxygens (including phenoxy) is 1. The molecular formula is C16H23N7O2. The van der Waals surface area contributed by atoms with Crippen molar-refractivity contribution in [1.29, 1.82) is 0 Å². The number of aromatic amines is 1. The number of nitrogens with one attached hydrogen (secondary N) is 2. The maximum absolute atomic E-state index is 12.5. The Morgan fingerprint density at radius 2 is 2.08 bits per heavy atom. The van der Waals surface area contributed by atoms with Gasteiger partial charge in [-0.1, -0.05) is 0 Å². The molecule has 9 heteroatoms. The molecule has 0 aromatic carbocycles. The smallest absolute Gasteiger partial charge is 0.275 e. The van der Waals surface area contributed by atoms with E-state index < -0.39 is 0 Å². The van der Waals surface area contributed by atoms with Gasteiger partial charge in [0, 0.05) is 31.4 Å². The fourth-order valence-electron chi connectivity index (χ4n) is 2.60. The highest BCUT2D eigenvalue weighted by atomic mass is 16.5. The van der Waals surface area contributed by atoms with E-state index >= 15 is 0 Å². The molecule has 0 saturated carbocycles. The van der Waals surface area contributed by atoms with Gasteiger partial charge >= 0.3 is 0 Å². The molecule has 0 atom stereocenters. The number of nitrogens with zero attached hydrogens (tertiary/aromatic N) is 5. The molecule has 0 aliphatic carbocycles. The summed E-state index contributed by atoms with van der Waals surface area (Å²) in [6, 6.07) is 3.49. The summed E-state index contributed by atoms with van der Waals surface area (Å²) in [5, 5.41) is 9.80. The van der Waals surface area contributed by atoms with Gasteiger partial charge in [0.05, 0.1) is 18.9 Å². The number of morpholine rings is 1. The Labute approximate surface area is 146 Å². The highest BCUT2D eigenvalue weighted by Crippen LogP contribution is 2.14. The molecule has 0 spiro atoms. The Hall–Kier alpha value is -2.52. The maximum Gasteiger partial charge on any atom is 0.275 e. The zero-order valence-electron chi connectivity index (χ0n) is 14.7. The van der Waals surface area contributed by atoms with Crippen LogP contribution in [0, 0.1) is 6.92 Å². The zero-order chi connectivity index (χ0) is 17.8. The van der Waals surface area contributed by atoms with Gasteiger partial charge in [-0.3, -0.25) is 9.89 Å². The largest absolute Gasteiger partial charge is 0.378 e. The van der Waals surface area contributed by atoms with Crippen molar-refractivity contribution >= 4 is 17.7 Å². The number of rotatable bonds is 5. The molecule has 1 aliphatic heterocycles. The van der Waals surface area contributed by atoms with Gasteiger partial charge in [0.25, 0.3) is 5.91 Å². The van der Waals surface area contributed by atoms with E-state index in [4.69, 9.17) is 4.74 Å². The van der Waals surface area contributed by atoms with Crippen LogP contribution in [-0.4, -0.2) is 71.4 Å². The molecule has 3 rings (SSSR count). The van der Waals surface area contributed by atoms with Crippen LogP contribution in [-0.2, 0) is 11.3 Å². The number of aromatic nitrogens is 4. The predicted molar refractivity (Wildman–Crippen MR) is 93.7 cm³/mol. The summed E-state index contributed by atoms with van der Waals surface area (Å²) < 4.78 is 5.35. The summed E-state index contributed by atoms with van der Waals surface area (Å²) >= 11 is 0. The van der Waals surface area contributed by atoms with Crippen LogP contribution in [0.5, 0.6) is 0 Å². The van der Waals surface area contributed by atoms with Crippen molar-refractivity contribution in [3.05, 3.63) is 29.2 Å². The van der Waals surface area contributed by atoms with Crippen molar-refractivity contribution in [1.82, 2.24) is 25.1 Å². The van der Waals surface area contributed by atoms with Gasteiger partial charge in [0.15, 0.2) is 5.82 Å². The normalized spacial score (nSPS) is 14.8. The molecule has 0 radical (unpaired) electrons. The molecule has 1 fully saturated rings. The second-order valence-electron chi connectivity index (χ2n) is 6.26. The van der Waals surface area contributed by atoms with E-state index in [9.17, 15) is 4.79 Å². The monoisotopic (exact) mass is 345 g/mol. The van der Waals surface area contributed by atoms with Crippen LogP contribution in [0.4, 0.5) is 11.8 Å². The van der Waals surface area contributed by atoms with Gasteiger partial charge in [-0.2, -0.15) is 5.10 Å². The molecule has 9 nitrogen and oxygen atoms in total. The van der Waals surface area contributed by atoms with E-state index in [1.54, 1.807) is 6.07 Å². The highest BCUT2D eigenvalue weighted by Gasteiger charge is 2.18. The number of hydrogen-bond acceptors (Lipinski definition) is 7. The summed E-state index contributed by atoms with van der Waals surface area (Å²) in [6.45, 7) is 5.29. The van der Waals surface area contributed by atoms with Gasteiger partial charge in [0.2, 0.25) is 5.95 Å². The fourth-order valence-corrected chi connectivity index (χ4v) is 2.60. The molecule has 2 aromatic heterocycles. The van der Waals surface area contributed by atoms with Gasteiger partial charge in [-0.15, -0.1) is 0 Å². The fraction of sp³-hybridized carbons (Fsp3) is 0.500. The lowest BCUT2D eigenvalue weighted by atomic mass is 10.3. The molecule has 1 aliphatic rings. The van der Waals surface area contributed by atoms with Gasteiger partial charge in [-0.05, 0) is 27.1 Å². The molecule has 1 amide bonds. The first-order valence-corrected chi connectivity index (χ1v) is 8.20. The van der Waals surface area contributed by atoms with Crippen LogP contribution < -0.4 is 10.2 Å². The first-order chi connectivity index (χ1) is 12.0. The average Bonchev–Trinajstić information content (AvgIpc) is 3.01. The van der Waals surface area contributed by atoms with Crippen LogP contribution >= 0.6 is 0 Å². The van der Waals surface area contributed by atoms with E-state index in [0.29, 0.717) is 30.7 Å². The topological polar surface area (TPSA) is 99.3 Å². The lowest BCUT2D eigenvalue weighted by Crippen LogP contribution is -2.37. The number of carbonyl (C=O) groups excluding carboxylic acids is 1. The standard InChI is InChI=1S/C16H23N7O2/c1-11-8-13(18-16(17-11)23-4-6-25-7-5-23)15(24)19-14-9-12(20-21-14)10-22(2)3/h8-9H,4-7,10H2,1-3H3,(H2,19,20,21,24). The summed E-state index contributed by atoms with van der Waals surface area (Å²) in [5.74, 6) is 0.734. The van der Waals surface area contributed by atoms with Gasteiger partial charge in [0.1, 0.15) is 5.69 Å². The Bertz CT molecular complexity index is 738. The van der Waals surface area contributed by atoms with E-state index in [0.717, 1.165) is 31.0 Å². The molecule has 2 aromatic rings. The first kappa shape index (κ1) is 17.3. The molecule has 25 heavy (non-hydrogen) atoms. The number of anilines is 2. The number of hydrogen-bond donors (Lipinski definition) is 2. The third-order valence-corrected chi connectivity index (χ3v) is 3.73. The van der Waals surface area contributed by atoms with Crippen molar-refractivity contribution in [2.45, 2.75) is 13.5 Å². The maximum atomic E-state index is 12.5. The number of H-pyrrole nitrogens is 1. The van der Waals surface area contributed by atoms with Crippen molar-refractivity contribution in [3.63, 3.8) is 0 Å². The van der Waals surface area contributed by atoms with Gasteiger partial charge < -0.3 is 19.9 Å². The third-order valence-electron chi connectivity index (χ3n) is 3.73. The minimum atomic E-state index is -0.303. The van der Waals surface area contributed by atoms with E-state index in [-0.39, 0.29) is 5.91 Å². The third kappa shape index (κ3) is 4.52. The van der Waals surface area contributed by atoms with Crippen molar-refractivity contribution in [2.75, 3.05) is 50.6 Å². The molecule has 2 N–H and O–H groups in total. The van der Waals surface area contributed by atoms with Crippen LogP contribution in [0.3, 0.4) is 0 Å². The van der Waals surface area contributed by atoms with Crippen molar-refractivity contribution in [2.24, 2.45) is 0 Å². The lowest BCUT2D eigenvalue weighted by molar-refractivity contribution is 0.102. The molecule has 3 heterocycles. The Morgan fingerprint density at radius 3 is 2.80 bits per heavy atom. The van der Waals surface area contributed by atoms with Crippen LogP contribution in [0.15, 0.2) is 12.1 Å². The predicted octanol–water partition coefficient (Wildman–Crippen LogP) is 0.659. The summed E-state index contributed by atoms with van der Waals surface area (Å²) in [7, 11) is 3.94. The van der Waals surface area contributed by atoms with Gasteiger partial charge in [-0.25, -0.2) is 9.97 Å². The Morgan fingerprint density at radius 1 is 1.32 bits per heavy atom. The van der Waals surface area contributed by atoms with E-state index in [1.807, 2.05) is 36.9 Å². The van der Waals surface area contributed by atoms with E-state index in [2.05, 4.69) is 25.5 Å². The summed E-state index contributed by atoms with van der Waals surface area (Å²) in [5.41, 5.74) is 2.00. The second-order valence-corrected chi connectivity index (χ2v) is 6.26. The lowest BCUT2D eigenvalue weighted by Gasteiger charge is -2.27. The molecule has 0 bridgehead atoms. The summed E-state index contributed by atoms with van der Waals surface area (Å²) in [4.78, 5) is 25.4. The highest BCUT2D eigenvalue weighted by molar-refractivity contribution is 6.02. The summed E-state index contributed by atoms with van der Waals surface area (Å²) in [6.07, 6.45) is 0. The number of carbonyl (C=O) groups is 1. The van der Waals surface area contributed by atoms with Crippen LogP contribution in [0.1, 0.15) is 21.9 Å². The molecule has 1 saturated heterocycles. The van der Waals surface area contributed by atoms with Crippen molar-refractivity contribution < 1.29 is 9.53 Å². The van der Waals surface area contributed by atoms with Crippen molar-refractivity contribution in [3.8, 4) is 0 Å². The minimum Gasteiger partial charge on any atom is -0.378 e. The number of aryl methyl sites for hydroxylation is 1. The molecule has 134 valence electrons. The van der Waals surface area contributed by atoms with E-state index in [1.165, 1.54) is 0 Å². The quantitative estimate of drug-likeness (QED) is 0.821. The molecular weight excluding hydrogens is 322 g/mol. The second kappa shape index (κ2) is 7.58. The SMILES string of the molecule is Cc1cc(C(=O)Nc2cc(CN(C)C)[nH]n2)nc(N2CCOCC2)n1. The number of amides is 1. The van der Waals surface area contributed by atoms with Crippen LogP contribution in [0.2, 0.25) is 0 Å². The zero-order valence-corrected chi connectivity index (χ0v) is 14.7. The Balaban J connectivity index is 1.73.